The molecule has 0 fully saturated rings. The number of nitrogens with one attached hydrogen (secondary N) is 1. The number of nitrogens with zero attached hydrogens (tertiary/aromatic N) is 2. The van der Waals surface area contributed by atoms with Crippen LogP contribution in [0.3, 0.4) is 0 Å². The molecule has 1 amide bonds. The highest BCUT2D eigenvalue weighted by atomic mass is 79.9. The number of halogens is 1. The zero-order valence-electron chi connectivity index (χ0n) is 10.5. The van der Waals surface area contributed by atoms with E-state index < -0.39 is 0 Å². The fourth-order valence-corrected chi connectivity index (χ4v) is 2.83. The lowest BCUT2D eigenvalue weighted by atomic mass is 9.93. The van der Waals surface area contributed by atoms with E-state index in [0.717, 1.165) is 24.8 Å². The summed E-state index contributed by atoms with van der Waals surface area (Å²) in [4.78, 5) is 12.1. The van der Waals surface area contributed by atoms with Gasteiger partial charge in [0.1, 0.15) is 0 Å². The first-order chi connectivity index (χ1) is 9.15. The Labute approximate surface area is 119 Å². The largest absolute Gasteiger partial charge is 0.444 e. The third-order valence-electron chi connectivity index (χ3n) is 3.48. The van der Waals surface area contributed by atoms with E-state index in [0.29, 0.717) is 10.4 Å². The first kappa shape index (κ1) is 12.5. The second-order valence-electron chi connectivity index (χ2n) is 4.69. The summed E-state index contributed by atoms with van der Waals surface area (Å²) < 4.78 is 7.71. The highest BCUT2D eigenvalue weighted by Crippen LogP contribution is 2.29. The van der Waals surface area contributed by atoms with Crippen molar-refractivity contribution >= 4 is 21.8 Å². The Kier molecular flexibility index (Phi) is 3.18. The standard InChI is InChI=1S/C13H14BrN3O2/c1-17-10-4-2-3-9(8(10)7-15-17)16-13(18)11-5-6-12(14)19-11/h5-7,9H,2-4H2,1H3,(H,16,18)/t9-/m0/s1. The van der Waals surface area contributed by atoms with Gasteiger partial charge in [0, 0.05) is 18.3 Å². The Morgan fingerprint density at radius 1 is 1.58 bits per heavy atom. The summed E-state index contributed by atoms with van der Waals surface area (Å²) in [5.41, 5.74) is 2.32. The lowest BCUT2D eigenvalue weighted by Gasteiger charge is -2.23. The van der Waals surface area contributed by atoms with Crippen LogP contribution in [-0.4, -0.2) is 15.7 Å². The average Bonchev–Trinajstić information content (AvgIpc) is 2.98. The van der Waals surface area contributed by atoms with Crippen molar-refractivity contribution in [2.24, 2.45) is 7.05 Å². The van der Waals surface area contributed by atoms with Gasteiger partial charge in [-0.1, -0.05) is 0 Å². The molecule has 0 radical (unpaired) electrons. The molecule has 2 heterocycles. The topological polar surface area (TPSA) is 60.1 Å². The molecule has 0 unspecified atom stereocenters. The number of fused-ring (bicyclic) bond motifs is 1. The van der Waals surface area contributed by atoms with Crippen LogP contribution in [0.15, 0.2) is 27.4 Å². The highest BCUT2D eigenvalue weighted by Gasteiger charge is 2.25. The van der Waals surface area contributed by atoms with E-state index in [1.165, 1.54) is 5.69 Å². The molecule has 1 aliphatic carbocycles. The molecular weight excluding hydrogens is 310 g/mol. The van der Waals surface area contributed by atoms with E-state index in [1.807, 2.05) is 17.9 Å². The number of furan rings is 1. The van der Waals surface area contributed by atoms with Crippen molar-refractivity contribution in [3.05, 3.63) is 40.0 Å². The van der Waals surface area contributed by atoms with Crippen LogP contribution in [-0.2, 0) is 13.5 Å². The van der Waals surface area contributed by atoms with Gasteiger partial charge in [-0.3, -0.25) is 9.48 Å². The fraction of sp³-hybridized carbons (Fsp3) is 0.385. The maximum absolute atomic E-state index is 12.1. The Hall–Kier alpha value is -1.56. The van der Waals surface area contributed by atoms with Crippen molar-refractivity contribution in [1.29, 1.82) is 0 Å². The van der Waals surface area contributed by atoms with Gasteiger partial charge < -0.3 is 9.73 Å². The van der Waals surface area contributed by atoms with Crippen LogP contribution in [0.2, 0.25) is 0 Å². The van der Waals surface area contributed by atoms with Crippen LogP contribution in [0.25, 0.3) is 0 Å². The number of aromatic nitrogens is 2. The zero-order chi connectivity index (χ0) is 13.4. The molecule has 0 aromatic carbocycles. The number of rotatable bonds is 2. The van der Waals surface area contributed by atoms with Gasteiger partial charge in [0.25, 0.3) is 5.91 Å². The van der Waals surface area contributed by atoms with Gasteiger partial charge in [-0.15, -0.1) is 0 Å². The van der Waals surface area contributed by atoms with E-state index in [9.17, 15) is 4.79 Å². The number of carbonyl (C=O) groups is 1. The molecule has 0 spiro atoms. The number of carbonyl (C=O) groups excluding carboxylic acids is 1. The van der Waals surface area contributed by atoms with Gasteiger partial charge >= 0.3 is 0 Å². The summed E-state index contributed by atoms with van der Waals surface area (Å²) in [5, 5.41) is 7.28. The second kappa shape index (κ2) is 4.85. The third kappa shape index (κ3) is 2.32. The maximum atomic E-state index is 12.1. The number of hydrogen-bond acceptors (Lipinski definition) is 3. The molecule has 0 saturated heterocycles. The van der Waals surface area contributed by atoms with E-state index in [4.69, 9.17) is 4.42 Å². The molecule has 1 aliphatic rings. The number of amides is 1. The zero-order valence-corrected chi connectivity index (χ0v) is 12.1. The molecule has 0 saturated carbocycles. The van der Waals surface area contributed by atoms with Gasteiger partial charge in [0.15, 0.2) is 10.4 Å². The lowest BCUT2D eigenvalue weighted by molar-refractivity contribution is 0.0903. The van der Waals surface area contributed by atoms with E-state index in [1.54, 1.807) is 12.1 Å². The third-order valence-corrected chi connectivity index (χ3v) is 3.90. The van der Waals surface area contributed by atoms with E-state index in [2.05, 4.69) is 26.3 Å². The van der Waals surface area contributed by atoms with Crippen molar-refractivity contribution in [2.45, 2.75) is 25.3 Å². The molecule has 19 heavy (non-hydrogen) atoms. The molecule has 1 atom stereocenters. The molecular formula is C13H14BrN3O2. The van der Waals surface area contributed by atoms with E-state index in [-0.39, 0.29) is 11.9 Å². The second-order valence-corrected chi connectivity index (χ2v) is 5.47. The summed E-state index contributed by atoms with van der Waals surface area (Å²) in [6.45, 7) is 0. The van der Waals surface area contributed by atoms with Gasteiger partial charge in [0.2, 0.25) is 0 Å². The molecule has 2 aromatic heterocycles. The summed E-state index contributed by atoms with van der Waals surface area (Å²) >= 11 is 3.19. The molecule has 5 nitrogen and oxygen atoms in total. The van der Waals surface area contributed by atoms with Crippen molar-refractivity contribution in [3.8, 4) is 0 Å². The molecule has 1 N–H and O–H groups in total. The van der Waals surface area contributed by atoms with Crippen LogP contribution in [0, 0.1) is 0 Å². The molecule has 6 heteroatoms. The summed E-state index contributed by atoms with van der Waals surface area (Å²) in [5.74, 6) is 0.135. The Bertz CT molecular complexity index is 617. The van der Waals surface area contributed by atoms with Crippen molar-refractivity contribution in [2.75, 3.05) is 0 Å². The van der Waals surface area contributed by atoms with Crippen molar-refractivity contribution in [3.63, 3.8) is 0 Å². The van der Waals surface area contributed by atoms with Crippen molar-refractivity contribution in [1.82, 2.24) is 15.1 Å². The van der Waals surface area contributed by atoms with Crippen LogP contribution in [0.4, 0.5) is 0 Å². The van der Waals surface area contributed by atoms with Crippen LogP contribution in [0.1, 0.15) is 40.7 Å². The molecule has 2 aromatic rings. The van der Waals surface area contributed by atoms with Gasteiger partial charge in [0.05, 0.1) is 12.2 Å². The van der Waals surface area contributed by atoms with Crippen LogP contribution < -0.4 is 5.32 Å². The lowest BCUT2D eigenvalue weighted by Crippen LogP contribution is -2.30. The Morgan fingerprint density at radius 3 is 3.16 bits per heavy atom. The van der Waals surface area contributed by atoms with Crippen LogP contribution in [0.5, 0.6) is 0 Å². The number of aryl methyl sites for hydroxylation is 1. The average molecular weight is 324 g/mol. The molecule has 0 aliphatic heterocycles. The predicted octanol–water partition coefficient (Wildman–Crippen LogP) is 2.58. The highest BCUT2D eigenvalue weighted by molar-refractivity contribution is 9.10. The Balaban J connectivity index is 1.79. The first-order valence-electron chi connectivity index (χ1n) is 6.22. The summed E-state index contributed by atoms with van der Waals surface area (Å²) in [7, 11) is 1.94. The van der Waals surface area contributed by atoms with E-state index >= 15 is 0 Å². The molecule has 100 valence electrons. The SMILES string of the molecule is Cn1ncc2c1CCC[C@@H]2NC(=O)c1ccc(Br)o1. The quantitative estimate of drug-likeness (QED) is 0.924. The minimum Gasteiger partial charge on any atom is -0.444 e. The minimum atomic E-state index is -0.188. The summed E-state index contributed by atoms with van der Waals surface area (Å²) in [6, 6.07) is 3.39. The van der Waals surface area contributed by atoms with Gasteiger partial charge in [-0.2, -0.15) is 5.10 Å². The van der Waals surface area contributed by atoms with Gasteiger partial charge in [-0.05, 0) is 47.3 Å². The number of hydrogen-bond donors (Lipinski definition) is 1. The molecule has 3 rings (SSSR count). The van der Waals surface area contributed by atoms with Crippen molar-refractivity contribution < 1.29 is 9.21 Å². The maximum Gasteiger partial charge on any atom is 0.287 e. The first-order valence-corrected chi connectivity index (χ1v) is 7.01. The normalized spacial score (nSPS) is 18.1. The van der Waals surface area contributed by atoms with Gasteiger partial charge in [-0.25, -0.2) is 0 Å². The fourth-order valence-electron chi connectivity index (χ4n) is 2.52. The summed E-state index contributed by atoms with van der Waals surface area (Å²) in [6.07, 6.45) is 4.85. The Morgan fingerprint density at radius 2 is 2.42 bits per heavy atom. The molecule has 0 bridgehead atoms. The monoisotopic (exact) mass is 323 g/mol. The smallest absolute Gasteiger partial charge is 0.287 e. The minimum absolute atomic E-state index is 0.0221. The predicted molar refractivity (Wildman–Crippen MR) is 72.8 cm³/mol. The van der Waals surface area contributed by atoms with Crippen LogP contribution >= 0.6 is 15.9 Å².